The van der Waals surface area contributed by atoms with E-state index in [0.29, 0.717) is 11.3 Å². The summed E-state index contributed by atoms with van der Waals surface area (Å²) in [5.41, 5.74) is 3.37. The molecule has 0 saturated carbocycles. The Morgan fingerprint density at radius 3 is 2.21 bits per heavy atom. The fourth-order valence-corrected chi connectivity index (χ4v) is 3.29. The number of ether oxygens (including phenoxy) is 1. The lowest BCUT2D eigenvalue weighted by molar-refractivity contribution is -0.384. The highest BCUT2D eigenvalue weighted by Crippen LogP contribution is 2.31. The molecule has 2 aromatic rings. The van der Waals surface area contributed by atoms with Crippen LogP contribution in [0.4, 0.5) is 11.4 Å². The summed E-state index contributed by atoms with van der Waals surface area (Å²) in [6.07, 6.45) is 0. The van der Waals surface area contributed by atoms with Crippen LogP contribution in [0.3, 0.4) is 0 Å². The van der Waals surface area contributed by atoms with Crippen molar-refractivity contribution in [1.82, 2.24) is 4.90 Å². The molecule has 0 bridgehead atoms. The van der Waals surface area contributed by atoms with E-state index in [1.54, 1.807) is 0 Å². The van der Waals surface area contributed by atoms with Gasteiger partial charge in [0.1, 0.15) is 5.70 Å². The standard InChI is InChI=1S/C21H21N3O5/c1-13-10-14(2)12-16(11-13)22-19-18(15-4-6-17(7-5-15)24(27)28)20(25)23(21(19)26)8-9-29-3/h4-7,10-12,22H,8-9H2,1-3H3. The SMILES string of the molecule is COCCN1C(=O)C(Nc2cc(C)cc(C)c2)=C(c2ccc([N+](=O)[O-])cc2)C1=O. The average molecular weight is 395 g/mol. The first-order valence-corrected chi connectivity index (χ1v) is 9.01. The molecular weight excluding hydrogens is 374 g/mol. The molecule has 2 amide bonds. The molecule has 1 heterocycles. The Morgan fingerprint density at radius 2 is 1.66 bits per heavy atom. The summed E-state index contributed by atoms with van der Waals surface area (Å²) >= 11 is 0. The van der Waals surface area contributed by atoms with Crippen LogP contribution in [0.25, 0.3) is 5.57 Å². The van der Waals surface area contributed by atoms with Crippen LogP contribution in [0.5, 0.6) is 0 Å². The number of carbonyl (C=O) groups is 2. The van der Waals surface area contributed by atoms with E-state index in [-0.39, 0.29) is 30.1 Å². The number of methoxy groups -OCH3 is 1. The lowest BCUT2D eigenvalue weighted by Crippen LogP contribution is -2.35. The maximum Gasteiger partial charge on any atom is 0.278 e. The Labute approximate surface area is 167 Å². The molecule has 0 atom stereocenters. The van der Waals surface area contributed by atoms with Gasteiger partial charge in [0, 0.05) is 24.9 Å². The number of benzene rings is 2. The number of nitrogens with one attached hydrogen (secondary N) is 1. The number of anilines is 1. The third-order valence-electron chi connectivity index (χ3n) is 4.54. The lowest BCUT2D eigenvalue weighted by Gasteiger charge is -2.14. The number of amides is 2. The third kappa shape index (κ3) is 4.17. The van der Waals surface area contributed by atoms with Gasteiger partial charge in [0.05, 0.1) is 23.6 Å². The smallest absolute Gasteiger partial charge is 0.278 e. The molecular formula is C21H21N3O5. The van der Waals surface area contributed by atoms with Crippen LogP contribution in [0.15, 0.2) is 48.2 Å². The van der Waals surface area contributed by atoms with Crippen molar-refractivity contribution in [2.45, 2.75) is 13.8 Å². The molecule has 8 nitrogen and oxygen atoms in total. The number of carbonyl (C=O) groups excluding carboxylic acids is 2. The van der Waals surface area contributed by atoms with Crippen molar-refractivity contribution >= 4 is 28.8 Å². The molecule has 8 heteroatoms. The summed E-state index contributed by atoms with van der Waals surface area (Å²) in [5, 5.41) is 14.0. The molecule has 0 unspecified atom stereocenters. The van der Waals surface area contributed by atoms with E-state index in [0.717, 1.165) is 16.0 Å². The highest BCUT2D eigenvalue weighted by molar-refractivity contribution is 6.36. The topological polar surface area (TPSA) is 102 Å². The van der Waals surface area contributed by atoms with E-state index in [2.05, 4.69) is 5.32 Å². The number of hydrogen-bond acceptors (Lipinski definition) is 6. The van der Waals surface area contributed by atoms with Gasteiger partial charge in [-0.15, -0.1) is 0 Å². The number of nitro groups is 1. The molecule has 2 aromatic carbocycles. The van der Waals surface area contributed by atoms with Crippen LogP contribution in [0.1, 0.15) is 16.7 Å². The number of nitro benzene ring substituents is 1. The van der Waals surface area contributed by atoms with E-state index < -0.39 is 16.7 Å². The van der Waals surface area contributed by atoms with Gasteiger partial charge in [-0.2, -0.15) is 0 Å². The number of hydrogen-bond donors (Lipinski definition) is 1. The summed E-state index contributed by atoms with van der Waals surface area (Å²) in [6.45, 7) is 4.21. The number of nitrogens with zero attached hydrogens (tertiary/aromatic N) is 2. The molecule has 0 fully saturated rings. The predicted molar refractivity (Wildman–Crippen MR) is 108 cm³/mol. The van der Waals surface area contributed by atoms with E-state index in [9.17, 15) is 19.7 Å². The molecule has 3 rings (SSSR count). The number of imide groups is 1. The summed E-state index contributed by atoms with van der Waals surface area (Å²) in [6, 6.07) is 11.3. The second-order valence-corrected chi connectivity index (χ2v) is 6.81. The van der Waals surface area contributed by atoms with Crippen molar-refractivity contribution in [3.63, 3.8) is 0 Å². The van der Waals surface area contributed by atoms with Gasteiger partial charge in [-0.3, -0.25) is 24.6 Å². The molecule has 0 saturated heterocycles. The zero-order valence-corrected chi connectivity index (χ0v) is 16.4. The first-order valence-electron chi connectivity index (χ1n) is 9.01. The maximum absolute atomic E-state index is 13.0. The molecule has 0 aliphatic carbocycles. The van der Waals surface area contributed by atoms with Crippen molar-refractivity contribution in [1.29, 1.82) is 0 Å². The molecule has 0 radical (unpaired) electrons. The minimum absolute atomic E-state index is 0.0915. The first kappa shape index (κ1) is 20.2. The summed E-state index contributed by atoms with van der Waals surface area (Å²) in [4.78, 5) is 37.5. The van der Waals surface area contributed by atoms with Crippen molar-refractivity contribution < 1.29 is 19.2 Å². The van der Waals surface area contributed by atoms with Crippen molar-refractivity contribution in [3.05, 3.63) is 75.0 Å². The summed E-state index contributed by atoms with van der Waals surface area (Å²) < 4.78 is 5.01. The molecule has 150 valence electrons. The average Bonchev–Trinajstić information content (AvgIpc) is 2.89. The first-order chi connectivity index (χ1) is 13.8. The quantitative estimate of drug-likeness (QED) is 0.439. The van der Waals surface area contributed by atoms with Gasteiger partial charge in [0.25, 0.3) is 17.5 Å². The minimum Gasteiger partial charge on any atom is -0.383 e. The zero-order chi connectivity index (χ0) is 21.1. The molecule has 0 spiro atoms. The van der Waals surface area contributed by atoms with Gasteiger partial charge in [0.15, 0.2) is 0 Å². The second-order valence-electron chi connectivity index (χ2n) is 6.81. The highest BCUT2D eigenvalue weighted by atomic mass is 16.6. The van der Waals surface area contributed by atoms with Gasteiger partial charge >= 0.3 is 0 Å². The molecule has 1 aliphatic heterocycles. The van der Waals surface area contributed by atoms with Crippen LogP contribution in [-0.2, 0) is 14.3 Å². The van der Waals surface area contributed by atoms with Crippen LogP contribution < -0.4 is 5.32 Å². The molecule has 1 aliphatic rings. The summed E-state index contributed by atoms with van der Waals surface area (Å²) in [5.74, 6) is -0.924. The Hall–Kier alpha value is -3.52. The van der Waals surface area contributed by atoms with Crippen LogP contribution in [-0.4, -0.2) is 41.9 Å². The lowest BCUT2D eigenvalue weighted by atomic mass is 10.0. The highest BCUT2D eigenvalue weighted by Gasteiger charge is 2.39. The Balaban J connectivity index is 2.06. The van der Waals surface area contributed by atoms with Gasteiger partial charge in [-0.1, -0.05) is 6.07 Å². The number of aryl methyl sites for hydroxylation is 2. The number of non-ortho nitro benzene ring substituents is 1. The van der Waals surface area contributed by atoms with Gasteiger partial charge < -0.3 is 10.1 Å². The summed E-state index contributed by atoms with van der Waals surface area (Å²) in [7, 11) is 1.49. The number of rotatable bonds is 7. The van der Waals surface area contributed by atoms with Crippen LogP contribution >= 0.6 is 0 Å². The minimum atomic E-state index is -0.515. The fourth-order valence-electron chi connectivity index (χ4n) is 3.29. The van der Waals surface area contributed by atoms with Crippen molar-refractivity contribution in [3.8, 4) is 0 Å². The largest absolute Gasteiger partial charge is 0.383 e. The molecule has 0 aromatic heterocycles. The zero-order valence-electron chi connectivity index (χ0n) is 16.4. The maximum atomic E-state index is 13.0. The van der Waals surface area contributed by atoms with E-state index >= 15 is 0 Å². The van der Waals surface area contributed by atoms with Crippen LogP contribution in [0, 0.1) is 24.0 Å². The molecule has 29 heavy (non-hydrogen) atoms. The van der Waals surface area contributed by atoms with E-state index in [1.807, 2.05) is 32.0 Å². The van der Waals surface area contributed by atoms with Crippen LogP contribution in [0.2, 0.25) is 0 Å². The fraction of sp³-hybridized carbons (Fsp3) is 0.238. The third-order valence-corrected chi connectivity index (χ3v) is 4.54. The van der Waals surface area contributed by atoms with E-state index in [1.165, 1.54) is 31.4 Å². The van der Waals surface area contributed by atoms with Gasteiger partial charge in [-0.05, 0) is 54.8 Å². The normalized spacial score (nSPS) is 14.0. The monoisotopic (exact) mass is 395 g/mol. The Kier molecular flexibility index (Phi) is 5.74. The predicted octanol–water partition coefficient (Wildman–Crippen LogP) is 3.05. The van der Waals surface area contributed by atoms with Crippen molar-refractivity contribution in [2.24, 2.45) is 0 Å². The van der Waals surface area contributed by atoms with Crippen molar-refractivity contribution in [2.75, 3.05) is 25.6 Å². The Morgan fingerprint density at radius 1 is 1.03 bits per heavy atom. The Bertz CT molecular complexity index is 991. The van der Waals surface area contributed by atoms with E-state index in [4.69, 9.17) is 4.74 Å². The molecule has 1 N–H and O–H groups in total. The van der Waals surface area contributed by atoms with Gasteiger partial charge in [-0.25, -0.2) is 0 Å². The second kappa shape index (κ2) is 8.24. The van der Waals surface area contributed by atoms with Gasteiger partial charge in [0.2, 0.25) is 0 Å².